The van der Waals surface area contributed by atoms with Crippen molar-refractivity contribution in [3.8, 4) is 11.6 Å². The van der Waals surface area contributed by atoms with Gasteiger partial charge in [-0.1, -0.05) is 24.3 Å². The lowest BCUT2D eigenvalue weighted by molar-refractivity contribution is -0.137. The number of morpholine rings is 1. The SMILES string of the molecule is CC(C)(C)OC(=O)Nc1ccc(Oc2ccnc(Nc3cc(C(=O)NCCN4CCOCC4)cc(C(F)(F)F)c3)n2)c2ccccc12. The van der Waals surface area contributed by atoms with Crippen LogP contribution in [0, 0.1) is 0 Å². The normalized spacial score (nSPS) is 14.0. The van der Waals surface area contributed by atoms with Crippen LogP contribution in [0.15, 0.2) is 66.9 Å². The maximum absolute atomic E-state index is 13.8. The number of rotatable bonds is 9. The van der Waals surface area contributed by atoms with Crippen molar-refractivity contribution in [3.05, 3.63) is 78.0 Å². The lowest BCUT2D eigenvalue weighted by Gasteiger charge is -2.26. The molecular formula is C33H35F3N6O5. The van der Waals surface area contributed by atoms with Gasteiger partial charge in [0.2, 0.25) is 11.8 Å². The standard InChI is InChI=1S/C33H35F3N6O5/c1-32(2,3)47-31(44)40-26-8-9-27(25-7-5-4-6-24(25)26)46-28-10-11-38-30(41-28)39-23-19-21(18-22(20-23)33(34,35)36)29(43)37-12-13-42-14-16-45-17-15-42/h4-11,18-20H,12-17H2,1-3H3,(H,37,43)(H,40,44)(H,38,39,41). The molecule has 1 aliphatic rings. The van der Waals surface area contributed by atoms with Crippen molar-refractivity contribution in [2.45, 2.75) is 32.5 Å². The van der Waals surface area contributed by atoms with Gasteiger partial charge in [-0.2, -0.15) is 18.2 Å². The second kappa shape index (κ2) is 14.2. The maximum atomic E-state index is 13.8. The monoisotopic (exact) mass is 652 g/mol. The Kier molecular flexibility index (Phi) is 10.1. The highest BCUT2D eigenvalue weighted by molar-refractivity contribution is 6.03. The fraction of sp³-hybridized carbons (Fsp3) is 0.333. The minimum atomic E-state index is -4.70. The molecule has 0 spiro atoms. The molecule has 1 aromatic heterocycles. The molecular weight excluding hydrogens is 617 g/mol. The number of carbonyl (C=O) groups excluding carboxylic acids is 2. The van der Waals surface area contributed by atoms with Crippen LogP contribution >= 0.6 is 0 Å². The number of amides is 2. The van der Waals surface area contributed by atoms with Crippen LogP contribution in [0.4, 0.5) is 35.3 Å². The zero-order valence-corrected chi connectivity index (χ0v) is 26.1. The summed E-state index contributed by atoms with van der Waals surface area (Å²) < 4.78 is 58.1. The zero-order valence-electron chi connectivity index (χ0n) is 26.1. The molecule has 5 rings (SSSR count). The third-order valence-corrected chi connectivity index (χ3v) is 6.96. The van der Waals surface area contributed by atoms with Gasteiger partial charge >= 0.3 is 12.3 Å². The summed E-state index contributed by atoms with van der Waals surface area (Å²) in [5.41, 5.74) is -1.36. The van der Waals surface area contributed by atoms with Crippen molar-refractivity contribution in [2.24, 2.45) is 0 Å². The predicted molar refractivity (Wildman–Crippen MR) is 170 cm³/mol. The second-order valence-electron chi connectivity index (χ2n) is 11.7. The summed E-state index contributed by atoms with van der Waals surface area (Å²) in [5.74, 6) is -0.168. The first-order valence-corrected chi connectivity index (χ1v) is 14.9. The summed E-state index contributed by atoms with van der Waals surface area (Å²) in [4.78, 5) is 35.8. The quantitative estimate of drug-likeness (QED) is 0.183. The Hall–Kier alpha value is -4.95. The molecule has 1 fully saturated rings. The number of ether oxygens (including phenoxy) is 3. The minimum absolute atomic E-state index is 0.0293. The molecule has 47 heavy (non-hydrogen) atoms. The number of anilines is 3. The Bertz CT molecular complexity index is 1740. The summed E-state index contributed by atoms with van der Waals surface area (Å²) in [6.45, 7) is 8.78. The van der Waals surface area contributed by atoms with Gasteiger partial charge in [0.05, 0.1) is 24.5 Å². The maximum Gasteiger partial charge on any atom is 0.416 e. The fourth-order valence-corrected chi connectivity index (χ4v) is 4.83. The largest absolute Gasteiger partial charge is 0.444 e. The van der Waals surface area contributed by atoms with Gasteiger partial charge in [-0.05, 0) is 51.1 Å². The lowest BCUT2D eigenvalue weighted by Crippen LogP contribution is -2.41. The molecule has 0 unspecified atom stereocenters. The molecule has 2 amide bonds. The predicted octanol–water partition coefficient (Wildman–Crippen LogP) is 6.59. The van der Waals surface area contributed by atoms with Gasteiger partial charge in [-0.25, -0.2) is 9.78 Å². The summed E-state index contributed by atoms with van der Waals surface area (Å²) in [6, 6.07) is 15.0. The minimum Gasteiger partial charge on any atom is -0.444 e. The summed E-state index contributed by atoms with van der Waals surface area (Å²) >= 11 is 0. The molecule has 0 bridgehead atoms. The zero-order chi connectivity index (χ0) is 33.6. The molecule has 0 atom stereocenters. The fourth-order valence-electron chi connectivity index (χ4n) is 4.83. The number of aromatic nitrogens is 2. The van der Waals surface area contributed by atoms with E-state index in [-0.39, 0.29) is 29.6 Å². The molecule has 0 radical (unpaired) electrons. The molecule has 248 valence electrons. The van der Waals surface area contributed by atoms with Crippen molar-refractivity contribution in [3.63, 3.8) is 0 Å². The third kappa shape index (κ3) is 9.30. The number of alkyl halides is 3. The van der Waals surface area contributed by atoms with E-state index in [1.165, 1.54) is 18.3 Å². The van der Waals surface area contributed by atoms with E-state index in [1.54, 1.807) is 39.0 Å². The molecule has 0 saturated carbocycles. The highest BCUT2D eigenvalue weighted by atomic mass is 19.4. The van der Waals surface area contributed by atoms with Crippen molar-refractivity contribution < 1.29 is 37.0 Å². The molecule has 1 saturated heterocycles. The van der Waals surface area contributed by atoms with Gasteiger partial charge in [0, 0.05) is 60.5 Å². The van der Waals surface area contributed by atoms with Crippen LogP contribution in [0.5, 0.6) is 11.6 Å². The van der Waals surface area contributed by atoms with Crippen LogP contribution < -0.4 is 20.7 Å². The van der Waals surface area contributed by atoms with E-state index in [0.29, 0.717) is 42.0 Å². The van der Waals surface area contributed by atoms with E-state index in [1.807, 2.05) is 18.2 Å². The first-order chi connectivity index (χ1) is 22.3. The van der Waals surface area contributed by atoms with Crippen LogP contribution in [0.1, 0.15) is 36.7 Å². The Morgan fingerprint density at radius 3 is 2.45 bits per heavy atom. The Morgan fingerprint density at radius 1 is 0.979 bits per heavy atom. The molecule has 4 aromatic rings. The van der Waals surface area contributed by atoms with Crippen LogP contribution in [0.2, 0.25) is 0 Å². The van der Waals surface area contributed by atoms with Crippen molar-refractivity contribution >= 4 is 40.1 Å². The molecule has 14 heteroatoms. The Balaban J connectivity index is 1.32. The lowest BCUT2D eigenvalue weighted by atomic mass is 10.1. The van der Waals surface area contributed by atoms with Crippen LogP contribution in [0.25, 0.3) is 10.8 Å². The van der Waals surface area contributed by atoms with E-state index >= 15 is 0 Å². The number of halogens is 3. The molecule has 11 nitrogen and oxygen atoms in total. The molecule has 3 aromatic carbocycles. The van der Waals surface area contributed by atoms with Gasteiger partial charge < -0.3 is 24.8 Å². The molecule has 3 N–H and O–H groups in total. The molecule has 2 heterocycles. The highest BCUT2D eigenvalue weighted by Crippen LogP contribution is 2.35. The van der Waals surface area contributed by atoms with Crippen LogP contribution in [-0.2, 0) is 15.7 Å². The number of carbonyl (C=O) groups is 2. The third-order valence-electron chi connectivity index (χ3n) is 6.96. The van der Waals surface area contributed by atoms with Gasteiger partial charge in [-0.15, -0.1) is 0 Å². The smallest absolute Gasteiger partial charge is 0.416 e. The summed E-state index contributed by atoms with van der Waals surface area (Å²) in [5, 5.41) is 9.56. The summed E-state index contributed by atoms with van der Waals surface area (Å²) in [7, 11) is 0. The first-order valence-electron chi connectivity index (χ1n) is 14.9. The van der Waals surface area contributed by atoms with Gasteiger partial charge in [0.25, 0.3) is 5.91 Å². The van der Waals surface area contributed by atoms with Gasteiger partial charge in [0.1, 0.15) is 11.4 Å². The number of nitrogens with zero attached hydrogens (tertiary/aromatic N) is 3. The number of nitrogens with one attached hydrogen (secondary N) is 3. The highest BCUT2D eigenvalue weighted by Gasteiger charge is 2.32. The summed E-state index contributed by atoms with van der Waals surface area (Å²) in [6.07, 6.45) is -3.91. The van der Waals surface area contributed by atoms with Crippen LogP contribution in [0.3, 0.4) is 0 Å². The van der Waals surface area contributed by atoms with Crippen molar-refractivity contribution in [2.75, 3.05) is 50.0 Å². The Morgan fingerprint density at radius 2 is 1.72 bits per heavy atom. The number of fused-ring (bicyclic) bond motifs is 1. The average Bonchev–Trinajstić information content (AvgIpc) is 3.01. The van der Waals surface area contributed by atoms with Gasteiger partial charge in [0.15, 0.2) is 0 Å². The van der Waals surface area contributed by atoms with Crippen molar-refractivity contribution in [1.29, 1.82) is 0 Å². The number of benzene rings is 3. The number of hydrogen-bond donors (Lipinski definition) is 3. The van der Waals surface area contributed by atoms with E-state index in [9.17, 15) is 22.8 Å². The van der Waals surface area contributed by atoms with Crippen LogP contribution in [-0.4, -0.2) is 71.9 Å². The van der Waals surface area contributed by atoms with E-state index in [0.717, 1.165) is 25.2 Å². The molecule has 0 aliphatic carbocycles. The Labute approximate surface area is 269 Å². The van der Waals surface area contributed by atoms with E-state index < -0.39 is 29.3 Å². The first kappa shape index (κ1) is 33.4. The number of hydrogen-bond acceptors (Lipinski definition) is 9. The van der Waals surface area contributed by atoms with Crippen molar-refractivity contribution in [1.82, 2.24) is 20.2 Å². The second-order valence-corrected chi connectivity index (χ2v) is 11.7. The van der Waals surface area contributed by atoms with E-state index in [2.05, 4.69) is 30.8 Å². The average molecular weight is 653 g/mol. The topological polar surface area (TPSA) is 127 Å². The van der Waals surface area contributed by atoms with Gasteiger partial charge in [-0.3, -0.25) is 15.0 Å². The molecule has 1 aliphatic heterocycles. The van der Waals surface area contributed by atoms with E-state index in [4.69, 9.17) is 14.2 Å².